The number of benzene rings is 2. The van der Waals surface area contributed by atoms with Gasteiger partial charge in [-0.15, -0.1) is 0 Å². The zero-order chi connectivity index (χ0) is 19.8. The minimum atomic E-state index is -0.472. The van der Waals surface area contributed by atoms with Crippen molar-refractivity contribution < 1.29 is 4.74 Å². The molecule has 7 heteroatoms. The third-order valence-corrected chi connectivity index (χ3v) is 3.87. The summed E-state index contributed by atoms with van der Waals surface area (Å²) in [5.74, 6) is 0.759. The number of hydrogen-bond donors (Lipinski definition) is 2. The monoisotopic (exact) mass is 371 g/mol. The zero-order valence-electron chi connectivity index (χ0n) is 15.1. The summed E-state index contributed by atoms with van der Waals surface area (Å²) in [6.07, 6.45) is 4.56. The summed E-state index contributed by atoms with van der Waals surface area (Å²) in [6, 6.07) is 18.6. The average Bonchev–Trinajstić information content (AvgIpc) is 2.74. The van der Waals surface area contributed by atoms with Crippen LogP contribution in [0.4, 0.5) is 11.4 Å². The number of ether oxygens (including phenoxy) is 1. The second-order valence-electron chi connectivity index (χ2n) is 5.69. The lowest BCUT2D eigenvalue weighted by Gasteiger charge is -2.10. The van der Waals surface area contributed by atoms with Gasteiger partial charge in [0.1, 0.15) is 17.4 Å². The van der Waals surface area contributed by atoms with Crippen LogP contribution in [-0.4, -0.2) is 24.5 Å². The molecule has 3 rings (SSSR count). The summed E-state index contributed by atoms with van der Waals surface area (Å²) in [7, 11) is 1.61. The maximum Gasteiger partial charge on any atom is 0.268 e. The Kier molecular flexibility index (Phi) is 5.95. The van der Waals surface area contributed by atoms with E-state index >= 15 is 0 Å². The Hall–Kier alpha value is -4.18. The van der Waals surface area contributed by atoms with Gasteiger partial charge in [-0.3, -0.25) is 4.79 Å². The Balaban J connectivity index is 1.86. The van der Waals surface area contributed by atoms with E-state index in [1.807, 2.05) is 60.7 Å². The Morgan fingerprint density at radius 1 is 1.07 bits per heavy atom. The molecule has 0 atom stereocenters. The highest BCUT2D eigenvalue weighted by Gasteiger charge is 2.11. The summed E-state index contributed by atoms with van der Waals surface area (Å²) < 4.78 is 5.11. The number of H-pyrrole nitrogens is 1. The van der Waals surface area contributed by atoms with Gasteiger partial charge >= 0.3 is 0 Å². The Labute approximate surface area is 161 Å². The first-order valence-corrected chi connectivity index (χ1v) is 8.39. The molecule has 7 nitrogen and oxygen atoms in total. The van der Waals surface area contributed by atoms with Crippen molar-refractivity contribution in [2.75, 3.05) is 12.4 Å². The Morgan fingerprint density at radius 3 is 2.46 bits per heavy atom. The average molecular weight is 371 g/mol. The van der Waals surface area contributed by atoms with Crippen molar-refractivity contribution in [2.45, 2.75) is 0 Å². The molecule has 0 spiro atoms. The van der Waals surface area contributed by atoms with Gasteiger partial charge in [0.05, 0.1) is 25.2 Å². The predicted molar refractivity (Wildman–Crippen MR) is 110 cm³/mol. The SMILES string of the molecule is COc1ccc(C=N/N=C\c2c[nH]c(=O)c(C#N)c2Nc2ccccc2)cc1. The van der Waals surface area contributed by atoms with Crippen LogP contribution in [0.1, 0.15) is 16.7 Å². The molecule has 0 saturated heterocycles. The van der Waals surface area contributed by atoms with Gasteiger partial charge in [0.15, 0.2) is 0 Å². The van der Waals surface area contributed by atoms with Crippen molar-refractivity contribution in [3.8, 4) is 11.8 Å². The van der Waals surface area contributed by atoms with E-state index in [0.717, 1.165) is 17.0 Å². The fraction of sp³-hybridized carbons (Fsp3) is 0.0476. The third kappa shape index (κ3) is 4.51. The van der Waals surface area contributed by atoms with E-state index in [1.165, 1.54) is 12.4 Å². The maximum atomic E-state index is 12.0. The number of aromatic nitrogens is 1. The molecule has 0 amide bonds. The van der Waals surface area contributed by atoms with Gasteiger partial charge in [-0.05, 0) is 42.0 Å². The van der Waals surface area contributed by atoms with Crippen LogP contribution in [0.3, 0.4) is 0 Å². The lowest BCUT2D eigenvalue weighted by Crippen LogP contribution is -2.14. The minimum absolute atomic E-state index is 0.0214. The summed E-state index contributed by atoms with van der Waals surface area (Å²) >= 11 is 0. The number of nitrogens with one attached hydrogen (secondary N) is 2. The van der Waals surface area contributed by atoms with Crippen LogP contribution >= 0.6 is 0 Å². The maximum absolute atomic E-state index is 12.0. The minimum Gasteiger partial charge on any atom is -0.497 e. The van der Waals surface area contributed by atoms with Gasteiger partial charge in [0, 0.05) is 17.4 Å². The van der Waals surface area contributed by atoms with Gasteiger partial charge in [-0.1, -0.05) is 18.2 Å². The number of pyridine rings is 1. The lowest BCUT2D eigenvalue weighted by molar-refractivity contribution is 0.415. The largest absolute Gasteiger partial charge is 0.497 e. The second-order valence-corrected chi connectivity index (χ2v) is 5.69. The first-order chi connectivity index (χ1) is 13.7. The van der Waals surface area contributed by atoms with Gasteiger partial charge in [-0.25, -0.2) is 0 Å². The molecule has 28 heavy (non-hydrogen) atoms. The summed E-state index contributed by atoms with van der Waals surface area (Å²) in [5.41, 5.74) is 2.03. The number of nitriles is 1. The van der Waals surface area contributed by atoms with Crippen LogP contribution in [-0.2, 0) is 0 Å². The quantitative estimate of drug-likeness (QED) is 0.512. The van der Waals surface area contributed by atoms with Crippen LogP contribution in [0.2, 0.25) is 0 Å². The molecule has 0 unspecified atom stereocenters. The molecule has 3 aromatic rings. The Bertz CT molecular complexity index is 1090. The standard InChI is InChI=1S/C21H17N5O2/c1-28-18-9-7-15(8-10-18)12-24-25-14-16-13-23-21(27)19(11-22)20(16)26-17-5-3-2-4-6-17/h2-10,12-14H,1H3,(H2,23,26,27)/b24-12?,25-14-. The molecule has 0 saturated carbocycles. The fourth-order valence-corrected chi connectivity index (χ4v) is 2.44. The van der Waals surface area contributed by atoms with Crippen molar-refractivity contribution in [3.63, 3.8) is 0 Å². The van der Waals surface area contributed by atoms with Crippen molar-refractivity contribution >= 4 is 23.8 Å². The number of aromatic amines is 1. The van der Waals surface area contributed by atoms with E-state index < -0.39 is 5.56 Å². The molecular formula is C21H17N5O2. The molecule has 2 aromatic carbocycles. The van der Waals surface area contributed by atoms with E-state index in [-0.39, 0.29) is 5.56 Å². The smallest absolute Gasteiger partial charge is 0.268 e. The normalized spacial score (nSPS) is 10.9. The van der Waals surface area contributed by atoms with Crippen LogP contribution < -0.4 is 15.6 Å². The van der Waals surface area contributed by atoms with E-state index in [4.69, 9.17) is 4.74 Å². The molecule has 1 heterocycles. The van der Waals surface area contributed by atoms with Gasteiger partial charge in [0.2, 0.25) is 0 Å². The number of methoxy groups -OCH3 is 1. The third-order valence-electron chi connectivity index (χ3n) is 3.87. The van der Waals surface area contributed by atoms with Crippen LogP contribution in [0.25, 0.3) is 0 Å². The molecule has 0 aliphatic carbocycles. The summed E-state index contributed by atoms with van der Waals surface area (Å²) in [5, 5.41) is 20.5. The number of para-hydroxylation sites is 1. The molecule has 0 radical (unpaired) electrons. The van der Waals surface area contributed by atoms with Crippen molar-refractivity contribution in [3.05, 3.63) is 87.8 Å². The second kappa shape index (κ2) is 8.96. The lowest BCUT2D eigenvalue weighted by atomic mass is 10.1. The summed E-state index contributed by atoms with van der Waals surface area (Å²) in [6.45, 7) is 0. The molecule has 0 fully saturated rings. The number of anilines is 2. The van der Waals surface area contributed by atoms with E-state index in [0.29, 0.717) is 11.3 Å². The molecular weight excluding hydrogens is 354 g/mol. The molecule has 1 aromatic heterocycles. The van der Waals surface area contributed by atoms with Crippen molar-refractivity contribution in [1.29, 1.82) is 5.26 Å². The highest BCUT2D eigenvalue weighted by atomic mass is 16.5. The first kappa shape index (κ1) is 18.6. The highest BCUT2D eigenvalue weighted by Crippen LogP contribution is 2.21. The number of rotatable bonds is 6. The van der Waals surface area contributed by atoms with Crippen LogP contribution in [0, 0.1) is 11.3 Å². The van der Waals surface area contributed by atoms with Gasteiger partial charge < -0.3 is 15.0 Å². The van der Waals surface area contributed by atoms with Crippen molar-refractivity contribution in [2.24, 2.45) is 10.2 Å². The molecule has 0 bridgehead atoms. The number of hydrogen-bond acceptors (Lipinski definition) is 6. The van der Waals surface area contributed by atoms with Crippen molar-refractivity contribution in [1.82, 2.24) is 4.98 Å². The molecule has 0 aliphatic heterocycles. The zero-order valence-corrected chi connectivity index (χ0v) is 15.1. The molecule has 138 valence electrons. The van der Waals surface area contributed by atoms with Crippen LogP contribution in [0.15, 0.2) is 75.8 Å². The Morgan fingerprint density at radius 2 is 1.79 bits per heavy atom. The van der Waals surface area contributed by atoms with E-state index in [9.17, 15) is 10.1 Å². The van der Waals surface area contributed by atoms with E-state index in [1.54, 1.807) is 13.3 Å². The van der Waals surface area contributed by atoms with Gasteiger partial charge in [0.25, 0.3) is 5.56 Å². The molecule has 2 N–H and O–H groups in total. The topological polar surface area (TPSA) is 103 Å². The summed E-state index contributed by atoms with van der Waals surface area (Å²) in [4.78, 5) is 14.5. The first-order valence-electron chi connectivity index (χ1n) is 8.39. The molecule has 0 aliphatic rings. The predicted octanol–water partition coefficient (Wildman–Crippen LogP) is 3.45. The van der Waals surface area contributed by atoms with E-state index in [2.05, 4.69) is 20.5 Å². The number of nitrogens with zero attached hydrogens (tertiary/aromatic N) is 3. The van der Waals surface area contributed by atoms with Gasteiger partial charge in [-0.2, -0.15) is 15.5 Å². The van der Waals surface area contributed by atoms with Crippen LogP contribution in [0.5, 0.6) is 5.75 Å². The fourth-order valence-electron chi connectivity index (χ4n) is 2.44. The highest BCUT2D eigenvalue weighted by molar-refractivity contribution is 5.91.